The topological polar surface area (TPSA) is 76.4 Å². The van der Waals surface area contributed by atoms with Crippen molar-refractivity contribution in [3.8, 4) is 6.07 Å². The summed E-state index contributed by atoms with van der Waals surface area (Å²) in [4.78, 5) is 13.7. The largest absolute Gasteiger partial charge is 0.390 e. The maximum Gasteiger partial charge on any atom is 0.321 e. The van der Waals surface area contributed by atoms with Gasteiger partial charge in [0.1, 0.15) is 0 Å². The first-order valence-corrected chi connectivity index (χ1v) is 6.29. The molecule has 0 atom stereocenters. The number of hydrogen-bond acceptors (Lipinski definition) is 3. The van der Waals surface area contributed by atoms with Crippen LogP contribution in [-0.4, -0.2) is 34.7 Å². The van der Waals surface area contributed by atoms with Gasteiger partial charge in [-0.2, -0.15) is 5.26 Å². The fraction of sp³-hybridized carbons (Fsp3) is 0.429. The summed E-state index contributed by atoms with van der Waals surface area (Å²) < 4.78 is 0. The molecule has 0 spiro atoms. The molecule has 1 aliphatic heterocycles. The first kappa shape index (κ1) is 13.4. The molecule has 1 heterocycles. The minimum Gasteiger partial charge on any atom is -0.390 e. The number of amides is 2. The zero-order valence-corrected chi connectivity index (χ0v) is 10.9. The third-order valence-corrected chi connectivity index (χ3v) is 3.39. The third-order valence-electron chi connectivity index (χ3n) is 3.39. The van der Waals surface area contributed by atoms with Gasteiger partial charge in [-0.3, -0.25) is 0 Å². The van der Waals surface area contributed by atoms with E-state index in [1.807, 2.05) is 6.07 Å². The van der Waals surface area contributed by atoms with Crippen LogP contribution in [0.5, 0.6) is 0 Å². The smallest absolute Gasteiger partial charge is 0.321 e. The number of rotatable bonds is 1. The molecule has 0 radical (unpaired) electrons. The zero-order chi connectivity index (χ0) is 13.9. The Morgan fingerprint density at radius 1 is 1.37 bits per heavy atom. The van der Waals surface area contributed by atoms with E-state index in [1.54, 1.807) is 36.1 Å². The monoisotopic (exact) mass is 259 g/mol. The van der Waals surface area contributed by atoms with Crippen molar-refractivity contribution in [2.75, 3.05) is 18.4 Å². The number of nitrogens with zero attached hydrogens (tertiary/aromatic N) is 2. The summed E-state index contributed by atoms with van der Waals surface area (Å²) in [5.74, 6) is 0. The van der Waals surface area contributed by atoms with E-state index < -0.39 is 5.60 Å². The molecule has 2 N–H and O–H groups in total. The molecule has 5 nitrogen and oxygen atoms in total. The number of urea groups is 1. The van der Waals surface area contributed by atoms with Gasteiger partial charge in [-0.05, 0) is 44.0 Å². The van der Waals surface area contributed by atoms with Crippen LogP contribution in [0.15, 0.2) is 24.3 Å². The molecular weight excluding hydrogens is 242 g/mol. The molecule has 100 valence electrons. The van der Waals surface area contributed by atoms with Gasteiger partial charge in [0.25, 0.3) is 0 Å². The summed E-state index contributed by atoms with van der Waals surface area (Å²) in [5, 5.41) is 21.3. The van der Waals surface area contributed by atoms with Crippen molar-refractivity contribution < 1.29 is 9.90 Å². The van der Waals surface area contributed by atoms with Crippen molar-refractivity contribution in [1.82, 2.24) is 4.90 Å². The third kappa shape index (κ3) is 3.46. The average Bonchev–Trinajstić information content (AvgIpc) is 2.39. The second kappa shape index (κ2) is 5.29. The summed E-state index contributed by atoms with van der Waals surface area (Å²) in [6.07, 6.45) is 1.18. The molecule has 0 aromatic heterocycles. The van der Waals surface area contributed by atoms with Gasteiger partial charge in [-0.1, -0.05) is 0 Å². The van der Waals surface area contributed by atoms with Crippen LogP contribution in [0.25, 0.3) is 0 Å². The van der Waals surface area contributed by atoms with Gasteiger partial charge < -0.3 is 15.3 Å². The molecule has 0 unspecified atom stereocenters. The minimum absolute atomic E-state index is 0.166. The van der Waals surface area contributed by atoms with E-state index in [9.17, 15) is 9.90 Å². The predicted octanol–water partition coefficient (Wildman–Crippen LogP) is 1.94. The molecule has 5 heteroatoms. The first-order valence-electron chi connectivity index (χ1n) is 6.29. The zero-order valence-electron chi connectivity index (χ0n) is 10.9. The highest BCUT2D eigenvalue weighted by molar-refractivity contribution is 5.89. The number of carbonyl (C=O) groups is 1. The number of nitriles is 1. The van der Waals surface area contributed by atoms with Gasteiger partial charge in [0, 0.05) is 18.8 Å². The molecule has 1 saturated heterocycles. The van der Waals surface area contributed by atoms with Crippen LogP contribution in [0.3, 0.4) is 0 Å². The quantitative estimate of drug-likeness (QED) is 0.809. The number of likely N-dealkylation sites (tertiary alicyclic amines) is 1. The SMILES string of the molecule is CC1(O)CCN(C(=O)Nc2ccc(C#N)cc2)CC1. The van der Waals surface area contributed by atoms with Gasteiger partial charge in [0.15, 0.2) is 0 Å². The maximum absolute atomic E-state index is 12.0. The van der Waals surface area contributed by atoms with E-state index in [0.29, 0.717) is 37.2 Å². The molecule has 2 rings (SSSR count). The minimum atomic E-state index is -0.661. The maximum atomic E-state index is 12.0. The summed E-state index contributed by atoms with van der Waals surface area (Å²) in [7, 11) is 0. The summed E-state index contributed by atoms with van der Waals surface area (Å²) >= 11 is 0. The lowest BCUT2D eigenvalue weighted by atomic mass is 9.94. The Morgan fingerprint density at radius 2 is 1.95 bits per heavy atom. The predicted molar refractivity (Wildman–Crippen MR) is 71.6 cm³/mol. The summed E-state index contributed by atoms with van der Waals surface area (Å²) in [6.45, 7) is 2.90. The Morgan fingerprint density at radius 3 is 2.47 bits per heavy atom. The van der Waals surface area contributed by atoms with Crippen molar-refractivity contribution in [2.45, 2.75) is 25.4 Å². The van der Waals surface area contributed by atoms with E-state index in [1.165, 1.54) is 0 Å². The molecule has 0 aliphatic carbocycles. The highest BCUT2D eigenvalue weighted by atomic mass is 16.3. The lowest BCUT2D eigenvalue weighted by molar-refractivity contribution is 0.00570. The Bertz CT molecular complexity index is 492. The first-order chi connectivity index (χ1) is 9.00. The number of piperidine rings is 1. The number of hydrogen-bond donors (Lipinski definition) is 2. The fourth-order valence-electron chi connectivity index (χ4n) is 2.02. The van der Waals surface area contributed by atoms with Crippen LogP contribution in [0.2, 0.25) is 0 Å². The molecule has 0 saturated carbocycles. The van der Waals surface area contributed by atoms with Crippen LogP contribution >= 0.6 is 0 Å². The van der Waals surface area contributed by atoms with E-state index in [0.717, 1.165) is 0 Å². The van der Waals surface area contributed by atoms with Crippen LogP contribution in [0.4, 0.5) is 10.5 Å². The van der Waals surface area contributed by atoms with Crippen molar-refractivity contribution >= 4 is 11.7 Å². The van der Waals surface area contributed by atoms with Gasteiger partial charge in [-0.25, -0.2) is 4.79 Å². The van der Waals surface area contributed by atoms with Crippen molar-refractivity contribution in [3.63, 3.8) is 0 Å². The van der Waals surface area contributed by atoms with Crippen LogP contribution in [0.1, 0.15) is 25.3 Å². The summed E-state index contributed by atoms with van der Waals surface area (Å²) in [5.41, 5.74) is 0.568. The lowest BCUT2D eigenvalue weighted by Gasteiger charge is -2.35. The fourth-order valence-corrected chi connectivity index (χ4v) is 2.02. The number of anilines is 1. The van der Waals surface area contributed by atoms with Gasteiger partial charge in [-0.15, -0.1) is 0 Å². The van der Waals surface area contributed by atoms with E-state index in [-0.39, 0.29) is 6.03 Å². The van der Waals surface area contributed by atoms with Crippen molar-refractivity contribution in [2.24, 2.45) is 0 Å². The second-order valence-electron chi connectivity index (χ2n) is 5.10. The van der Waals surface area contributed by atoms with E-state index in [4.69, 9.17) is 5.26 Å². The Labute approximate surface area is 112 Å². The van der Waals surface area contributed by atoms with Crippen LogP contribution in [0, 0.1) is 11.3 Å². The van der Waals surface area contributed by atoms with Crippen molar-refractivity contribution in [3.05, 3.63) is 29.8 Å². The van der Waals surface area contributed by atoms with E-state index >= 15 is 0 Å². The molecule has 1 fully saturated rings. The number of carbonyl (C=O) groups excluding carboxylic acids is 1. The molecule has 1 aliphatic rings. The van der Waals surface area contributed by atoms with Crippen molar-refractivity contribution in [1.29, 1.82) is 5.26 Å². The van der Waals surface area contributed by atoms with Gasteiger partial charge in [0.2, 0.25) is 0 Å². The van der Waals surface area contributed by atoms with Gasteiger partial charge >= 0.3 is 6.03 Å². The highest BCUT2D eigenvalue weighted by Crippen LogP contribution is 2.21. The second-order valence-corrected chi connectivity index (χ2v) is 5.10. The lowest BCUT2D eigenvalue weighted by Crippen LogP contribution is -2.46. The number of benzene rings is 1. The van der Waals surface area contributed by atoms with Crippen LogP contribution < -0.4 is 5.32 Å². The molecule has 1 aromatic carbocycles. The molecular formula is C14H17N3O2. The summed E-state index contributed by atoms with van der Waals surface area (Å²) in [6, 6.07) is 8.60. The molecule has 19 heavy (non-hydrogen) atoms. The standard InChI is InChI=1S/C14H17N3O2/c1-14(19)6-8-17(9-7-14)13(18)16-12-4-2-11(10-15)3-5-12/h2-5,19H,6-9H2,1H3,(H,16,18). The molecule has 2 amide bonds. The number of aliphatic hydroxyl groups is 1. The highest BCUT2D eigenvalue weighted by Gasteiger charge is 2.29. The van der Waals surface area contributed by atoms with E-state index in [2.05, 4.69) is 5.32 Å². The Balaban J connectivity index is 1.92. The molecule has 0 bridgehead atoms. The number of nitrogens with one attached hydrogen (secondary N) is 1. The normalized spacial score (nSPS) is 17.6. The molecule has 1 aromatic rings. The van der Waals surface area contributed by atoms with Gasteiger partial charge in [0.05, 0.1) is 17.2 Å². The Hall–Kier alpha value is -2.06. The average molecular weight is 259 g/mol. The van der Waals surface area contributed by atoms with Crippen LogP contribution in [-0.2, 0) is 0 Å². The Kier molecular flexibility index (Phi) is 3.72.